The molecule has 1 N–H and O–H groups in total. The smallest absolute Gasteiger partial charge is 0.287 e. The highest BCUT2D eigenvalue weighted by molar-refractivity contribution is 5.91. The van der Waals surface area contributed by atoms with E-state index < -0.39 is 0 Å². The Morgan fingerprint density at radius 3 is 2.73 bits per heavy atom. The summed E-state index contributed by atoms with van der Waals surface area (Å²) in [6.07, 6.45) is 2.85. The summed E-state index contributed by atoms with van der Waals surface area (Å²) in [4.78, 5) is 20.0. The van der Waals surface area contributed by atoms with Gasteiger partial charge in [0.25, 0.3) is 5.91 Å². The molecule has 0 fully saturated rings. The van der Waals surface area contributed by atoms with E-state index in [1.165, 1.54) is 24.7 Å². The molecule has 2 heterocycles. The van der Waals surface area contributed by atoms with Crippen LogP contribution in [0.3, 0.4) is 0 Å². The average Bonchev–Trinajstić information content (AvgIpc) is 3.08. The maximum atomic E-state index is 12.9. The van der Waals surface area contributed by atoms with Crippen LogP contribution in [0, 0.1) is 5.82 Å². The van der Waals surface area contributed by atoms with Gasteiger partial charge in [0.1, 0.15) is 12.1 Å². The standard InChI is InChI=1S/C16H12FN3O2/c17-12-5-3-11(4-6-12)14-8-13(19-10-20-14)9-18-16(21)15-2-1-7-22-15/h1-8,10H,9H2,(H,18,21). The average molecular weight is 297 g/mol. The molecule has 0 aliphatic carbocycles. The number of hydrogen-bond donors (Lipinski definition) is 1. The van der Waals surface area contributed by atoms with Gasteiger partial charge < -0.3 is 9.73 Å². The van der Waals surface area contributed by atoms with Gasteiger partial charge in [-0.3, -0.25) is 4.79 Å². The van der Waals surface area contributed by atoms with Crippen LogP contribution in [0.15, 0.2) is 59.5 Å². The summed E-state index contributed by atoms with van der Waals surface area (Å²) in [5.74, 6) is -0.372. The van der Waals surface area contributed by atoms with Crippen LogP contribution in [-0.4, -0.2) is 15.9 Å². The fourth-order valence-corrected chi connectivity index (χ4v) is 1.94. The summed E-state index contributed by atoms with van der Waals surface area (Å²) in [7, 11) is 0. The van der Waals surface area contributed by atoms with E-state index in [0.29, 0.717) is 11.4 Å². The van der Waals surface area contributed by atoms with Gasteiger partial charge in [0.15, 0.2) is 5.76 Å². The number of halogens is 1. The number of benzene rings is 1. The minimum atomic E-state index is -0.313. The quantitative estimate of drug-likeness (QED) is 0.804. The van der Waals surface area contributed by atoms with E-state index in [-0.39, 0.29) is 24.0 Å². The normalized spacial score (nSPS) is 10.4. The predicted molar refractivity (Wildman–Crippen MR) is 77.3 cm³/mol. The molecule has 22 heavy (non-hydrogen) atoms. The number of rotatable bonds is 4. The molecule has 1 aromatic carbocycles. The molecule has 0 spiro atoms. The zero-order valence-corrected chi connectivity index (χ0v) is 11.5. The molecule has 0 aliphatic heterocycles. The van der Waals surface area contributed by atoms with E-state index in [2.05, 4.69) is 15.3 Å². The maximum Gasteiger partial charge on any atom is 0.287 e. The topological polar surface area (TPSA) is 68.0 Å². The van der Waals surface area contributed by atoms with Crippen LogP contribution in [-0.2, 0) is 6.54 Å². The number of furan rings is 1. The van der Waals surface area contributed by atoms with Crippen molar-refractivity contribution in [2.75, 3.05) is 0 Å². The zero-order valence-electron chi connectivity index (χ0n) is 11.5. The lowest BCUT2D eigenvalue weighted by Crippen LogP contribution is -2.22. The van der Waals surface area contributed by atoms with E-state index in [9.17, 15) is 9.18 Å². The molecule has 6 heteroatoms. The van der Waals surface area contributed by atoms with Crippen molar-refractivity contribution in [2.24, 2.45) is 0 Å². The summed E-state index contributed by atoms with van der Waals surface area (Å²) in [5, 5.41) is 2.71. The summed E-state index contributed by atoms with van der Waals surface area (Å²) < 4.78 is 17.9. The van der Waals surface area contributed by atoms with Crippen LogP contribution >= 0.6 is 0 Å². The number of nitrogens with zero attached hydrogens (tertiary/aromatic N) is 2. The van der Waals surface area contributed by atoms with Crippen molar-refractivity contribution >= 4 is 5.91 Å². The first kappa shape index (κ1) is 13.9. The Morgan fingerprint density at radius 1 is 1.18 bits per heavy atom. The summed E-state index contributed by atoms with van der Waals surface area (Å²) in [5.41, 5.74) is 2.09. The van der Waals surface area contributed by atoms with Gasteiger partial charge in [0, 0.05) is 5.56 Å². The Balaban J connectivity index is 1.71. The fourth-order valence-electron chi connectivity index (χ4n) is 1.94. The Hall–Kier alpha value is -3.02. The molecule has 2 aromatic heterocycles. The third-order valence-electron chi connectivity index (χ3n) is 3.04. The lowest BCUT2D eigenvalue weighted by atomic mass is 10.1. The highest BCUT2D eigenvalue weighted by Crippen LogP contribution is 2.17. The first-order valence-corrected chi connectivity index (χ1v) is 6.61. The molecule has 3 aromatic rings. The van der Waals surface area contributed by atoms with Gasteiger partial charge in [0.2, 0.25) is 0 Å². The molecular weight excluding hydrogens is 285 g/mol. The maximum absolute atomic E-state index is 12.9. The summed E-state index contributed by atoms with van der Waals surface area (Å²) in [6.45, 7) is 0.246. The van der Waals surface area contributed by atoms with Crippen LogP contribution < -0.4 is 5.32 Å². The first-order valence-electron chi connectivity index (χ1n) is 6.61. The van der Waals surface area contributed by atoms with E-state index >= 15 is 0 Å². The number of carbonyl (C=O) groups excluding carboxylic acids is 1. The van der Waals surface area contributed by atoms with Crippen molar-refractivity contribution in [1.82, 2.24) is 15.3 Å². The zero-order chi connectivity index (χ0) is 15.4. The van der Waals surface area contributed by atoms with E-state index in [4.69, 9.17) is 4.42 Å². The molecule has 0 saturated heterocycles. The summed E-state index contributed by atoms with van der Waals surface area (Å²) in [6, 6.07) is 11.0. The summed E-state index contributed by atoms with van der Waals surface area (Å²) >= 11 is 0. The van der Waals surface area contributed by atoms with E-state index in [1.807, 2.05) is 0 Å². The largest absolute Gasteiger partial charge is 0.459 e. The lowest BCUT2D eigenvalue weighted by Gasteiger charge is -2.05. The molecule has 3 rings (SSSR count). The van der Waals surface area contributed by atoms with Crippen LogP contribution in [0.4, 0.5) is 4.39 Å². The van der Waals surface area contributed by atoms with Crippen LogP contribution in [0.1, 0.15) is 16.2 Å². The molecular formula is C16H12FN3O2. The Kier molecular flexibility index (Phi) is 3.91. The van der Waals surface area contributed by atoms with Gasteiger partial charge in [-0.15, -0.1) is 0 Å². The highest BCUT2D eigenvalue weighted by Gasteiger charge is 2.09. The molecule has 5 nitrogen and oxygen atoms in total. The second-order valence-corrected chi connectivity index (χ2v) is 4.56. The minimum absolute atomic E-state index is 0.243. The number of amides is 1. The number of hydrogen-bond acceptors (Lipinski definition) is 4. The fraction of sp³-hybridized carbons (Fsp3) is 0.0625. The van der Waals surface area contributed by atoms with Crippen molar-refractivity contribution in [3.05, 3.63) is 72.3 Å². The van der Waals surface area contributed by atoms with Gasteiger partial charge >= 0.3 is 0 Å². The Bertz CT molecular complexity index is 770. The van der Waals surface area contributed by atoms with Crippen LogP contribution in [0.5, 0.6) is 0 Å². The molecule has 110 valence electrons. The van der Waals surface area contributed by atoms with Crippen molar-refractivity contribution in [3.8, 4) is 11.3 Å². The molecule has 0 bridgehead atoms. The van der Waals surface area contributed by atoms with Gasteiger partial charge in [-0.05, 0) is 42.5 Å². The van der Waals surface area contributed by atoms with Gasteiger partial charge in [-0.25, -0.2) is 14.4 Å². The van der Waals surface area contributed by atoms with E-state index in [0.717, 1.165) is 5.56 Å². The number of carbonyl (C=O) groups is 1. The Morgan fingerprint density at radius 2 is 2.00 bits per heavy atom. The van der Waals surface area contributed by atoms with Gasteiger partial charge in [-0.2, -0.15) is 0 Å². The second kappa shape index (κ2) is 6.17. The highest BCUT2D eigenvalue weighted by atomic mass is 19.1. The van der Waals surface area contributed by atoms with Crippen molar-refractivity contribution in [3.63, 3.8) is 0 Å². The first-order chi connectivity index (χ1) is 10.7. The van der Waals surface area contributed by atoms with Crippen LogP contribution in [0.25, 0.3) is 11.3 Å². The third-order valence-corrected chi connectivity index (χ3v) is 3.04. The molecule has 1 amide bonds. The minimum Gasteiger partial charge on any atom is -0.459 e. The van der Waals surface area contributed by atoms with Crippen LogP contribution in [0.2, 0.25) is 0 Å². The van der Waals surface area contributed by atoms with Gasteiger partial charge in [0.05, 0.1) is 24.2 Å². The SMILES string of the molecule is O=C(NCc1cc(-c2ccc(F)cc2)ncn1)c1ccco1. The molecule has 0 unspecified atom stereocenters. The molecule has 0 atom stereocenters. The third kappa shape index (κ3) is 3.17. The second-order valence-electron chi connectivity index (χ2n) is 4.56. The van der Waals surface area contributed by atoms with Crippen molar-refractivity contribution < 1.29 is 13.6 Å². The molecule has 0 radical (unpaired) electrons. The monoisotopic (exact) mass is 297 g/mol. The lowest BCUT2D eigenvalue weighted by molar-refractivity contribution is 0.0922. The van der Waals surface area contributed by atoms with Gasteiger partial charge in [-0.1, -0.05) is 0 Å². The predicted octanol–water partition coefficient (Wildman–Crippen LogP) is 2.81. The Labute approximate surface area is 125 Å². The number of nitrogens with one attached hydrogen (secondary N) is 1. The molecule has 0 saturated carbocycles. The van der Waals surface area contributed by atoms with E-state index in [1.54, 1.807) is 30.3 Å². The molecule has 0 aliphatic rings. The van der Waals surface area contributed by atoms with Crippen molar-refractivity contribution in [2.45, 2.75) is 6.54 Å². The number of aromatic nitrogens is 2. The van der Waals surface area contributed by atoms with Crippen molar-refractivity contribution in [1.29, 1.82) is 0 Å².